The number of thiophene rings is 1. The first kappa shape index (κ1) is 9.53. The molecule has 0 radical (unpaired) electrons. The van der Waals surface area contributed by atoms with Gasteiger partial charge in [-0.15, -0.1) is 11.3 Å². The van der Waals surface area contributed by atoms with Gasteiger partial charge in [-0.05, 0) is 55.8 Å². The molecule has 2 rings (SSSR count). The third kappa shape index (κ3) is 1.14. The summed E-state index contributed by atoms with van der Waals surface area (Å²) in [6, 6.07) is 2.08. The Balaban J connectivity index is 3.02. The van der Waals surface area contributed by atoms with Crippen LogP contribution >= 0.6 is 11.3 Å². The third-order valence-electron chi connectivity index (χ3n) is 2.93. The van der Waals surface area contributed by atoms with Crippen molar-refractivity contribution in [2.45, 2.75) is 27.7 Å². The fourth-order valence-electron chi connectivity index (χ4n) is 1.91. The molecule has 2 N–H and O–H groups in total. The van der Waals surface area contributed by atoms with E-state index < -0.39 is 0 Å². The minimum atomic E-state index is 0.913. The predicted octanol–water partition coefficient (Wildman–Crippen LogP) is 3.72. The number of anilines is 1. The first-order valence-electron chi connectivity index (χ1n) is 4.77. The Labute approximate surface area is 88.6 Å². The van der Waals surface area contributed by atoms with E-state index in [2.05, 4.69) is 33.8 Å². The molecule has 0 saturated heterocycles. The average molecular weight is 205 g/mol. The number of fused-ring (bicyclic) bond motifs is 1. The molecule has 1 aromatic carbocycles. The summed E-state index contributed by atoms with van der Waals surface area (Å²) in [6.07, 6.45) is 0. The summed E-state index contributed by atoms with van der Waals surface area (Å²) in [5.41, 5.74) is 10.8. The van der Waals surface area contributed by atoms with E-state index in [-0.39, 0.29) is 0 Å². The van der Waals surface area contributed by atoms with Crippen molar-refractivity contribution in [3.63, 3.8) is 0 Å². The monoisotopic (exact) mass is 205 g/mol. The zero-order valence-corrected chi connectivity index (χ0v) is 9.88. The summed E-state index contributed by atoms with van der Waals surface area (Å²) >= 11 is 1.85. The lowest BCUT2D eigenvalue weighted by atomic mass is 10.0. The van der Waals surface area contributed by atoms with Crippen LogP contribution in [0.1, 0.15) is 21.6 Å². The largest absolute Gasteiger partial charge is 0.398 e. The number of aryl methyl sites for hydroxylation is 4. The highest BCUT2D eigenvalue weighted by atomic mass is 32.1. The van der Waals surface area contributed by atoms with Crippen molar-refractivity contribution in [3.05, 3.63) is 27.6 Å². The summed E-state index contributed by atoms with van der Waals surface area (Å²) in [5, 5.41) is 1.40. The van der Waals surface area contributed by atoms with Gasteiger partial charge in [0.25, 0.3) is 0 Å². The second-order valence-corrected chi connectivity index (χ2v) is 5.12. The van der Waals surface area contributed by atoms with E-state index in [0.29, 0.717) is 0 Å². The molecule has 0 fully saturated rings. The van der Waals surface area contributed by atoms with Crippen molar-refractivity contribution in [2.24, 2.45) is 0 Å². The van der Waals surface area contributed by atoms with Crippen LogP contribution in [0.4, 0.5) is 5.69 Å². The lowest BCUT2D eigenvalue weighted by Crippen LogP contribution is -1.91. The van der Waals surface area contributed by atoms with Crippen molar-refractivity contribution in [1.29, 1.82) is 0 Å². The van der Waals surface area contributed by atoms with Crippen molar-refractivity contribution in [2.75, 3.05) is 5.73 Å². The van der Waals surface area contributed by atoms with Crippen LogP contribution in [0.15, 0.2) is 6.07 Å². The number of hydrogen-bond donors (Lipinski definition) is 1. The summed E-state index contributed by atoms with van der Waals surface area (Å²) < 4.78 is 1.36. The molecule has 1 heterocycles. The van der Waals surface area contributed by atoms with E-state index >= 15 is 0 Å². The smallest absolute Gasteiger partial charge is 0.0400 e. The summed E-state index contributed by atoms with van der Waals surface area (Å²) in [5.74, 6) is 0. The molecule has 0 amide bonds. The third-order valence-corrected chi connectivity index (χ3v) is 4.25. The van der Waals surface area contributed by atoms with Crippen molar-refractivity contribution in [1.82, 2.24) is 0 Å². The lowest BCUT2D eigenvalue weighted by Gasteiger charge is -2.05. The maximum atomic E-state index is 5.95. The van der Waals surface area contributed by atoms with Gasteiger partial charge < -0.3 is 5.73 Å². The zero-order chi connectivity index (χ0) is 10.5. The Hall–Kier alpha value is -1.02. The van der Waals surface area contributed by atoms with Gasteiger partial charge in [-0.1, -0.05) is 0 Å². The van der Waals surface area contributed by atoms with Crippen LogP contribution < -0.4 is 5.73 Å². The number of nitrogen functional groups attached to an aromatic ring is 1. The molecule has 14 heavy (non-hydrogen) atoms. The molecule has 0 saturated carbocycles. The standard InChI is InChI=1S/C12H15NS/c1-6-5-10(13)8(3)12-11(6)7(2)9(4)14-12/h5H,13H2,1-4H3. The van der Waals surface area contributed by atoms with Gasteiger partial charge in [0, 0.05) is 15.3 Å². The van der Waals surface area contributed by atoms with Crippen LogP contribution in [-0.4, -0.2) is 0 Å². The quantitative estimate of drug-likeness (QED) is 0.652. The Morgan fingerprint density at radius 2 is 1.71 bits per heavy atom. The highest BCUT2D eigenvalue weighted by Gasteiger charge is 2.11. The van der Waals surface area contributed by atoms with Gasteiger partial charge in [0.2, 0.25) is 0 Å². The number of hydrogen-bond acceptors (Lipinski definition) is 2. The molecule has 0 unspecified atom stereocenters. The van der Waals surface area contributed by atoms with Crippen molar-refractivity contribution >= 4 is 27.1 Å². The number of nitrogens with two attached hydrogens (primary N) is 1. The summed E-state index contributed by atoms with van der Waals surface area (Å²) in [4.78, 5) is 1.40. The van der Waals surface area contributed by atoms with Gasteiger partial charge in [0.1, 0.15) is 0 Å². The summed E-state index contributed by atoms with van der Waals surface area (Å²) in [7, 11) is 0. The Morgan fingerprint density at radius 3 is 2.36 bits per heavy atom. The maximum Gasteiger partial charge on any atom is 0.0400 e. The molecule has 2 aromatic rings. The molecule has 74 valence electrons. The Morgan fingerprint density at radius 1 is 1.07 bits per heavy atom. The van der Waals surface area contributed by atoms with Gasteiger partial charge in [0.15, 0.2) is 0 Å². The Kier molecular flexibility index (Phi) is 2.04. The van der Waals surface area contributed by atoms with Crippen LogP contribution in [0.25, 0.3) is 10.1 Å². The van der Waals surface area contributed by atoms with E-state index in [1.165, 1.54) is 31.7 Å². The fraction of sp³-hybridized carbons (Fsp3) is 0.333. The first-order valence-corrected chi connectivity index (χ1v) is 5.59. The average Bonchev–Trinajstić information content (AvgIpc) is 2.40. The summed E-state index contributed by atoms with van der Waals surface area (Å²) in [6.45, 7) is 8.61. The van der Waals surface area contributed by atoms with Crippen LogP contribution in [0.2, 0.25) is 0 Å². The topological polar surface area (TPSA) is 26.0 Å². The minimum absolute atomic E-state index is 0.913. The molecule has 2 heteroatoms. The molecule has 0 aliphatic heterocycles. The maximum absolute atomic E-state index is 5.95. The van der Waals surface area contributed by atoms with Gasteiger partial charge in [-0.3, -0.25) is 0 Å². The Bertz CT molecular complexity index is 509. The minimum Gasteiger partial charge on any atom is -0.398 e. The molecule has 0 bridgehead atoms. The van der Waals surface area contributed by atoms with Crippen LogP contribution in [0, 0.1) is 27.7 Å². The molecular formula is C12H15NS. The van der Waals surface area contributed by atoms with Gasteiger partial charge in [-0.25, -0.2) is 0 Å². The predicted molar refractivity (Wildman–Crippen MR) is 65.2 cm³/mol. The second kappa shape index (κ2) is 2.99. The molecular weight excluding hydrogens is 190 g/mol. The number of rotatable bonds is 0. The van der Waals surface area contributed by atoms with E-state index in [9.17, 15) is 0 Å². The van der Waals surface area contributed by atoms with E-state index in [1.807, 2.05) is 11.3 Å². The molecule has 0 spiro atoms. The van der Waals surface area contributed by atoms with Crippen molar-refractivity contribution < 1.29 is 0 Å². The van der Waals surface area contributed by atoms with Crippen LogP contribution in [0.3, 0.4) is 0 Å². The zero-order valence-electron chi connectivity index (χ0n) is 9.06. The highest BCUT2D eigenvalue weighted by Crippen LogP contribution is 2.37. The van der Waals surface area contributed by atoms with Gasteiger partial charge >= 0.3 is 0 Å². The van der Waals surface area contributed by atoms with E-state index in [0.717, 1.165) is 5.69 Å². The molecule has 1 nitrogen and oxygen atoms in total. The van der Waals surface area contributed by atoms with E-state index in [1.54, 1.807) is 0 Å². The molecule has 0 aliphatic carbocycles. The van der Waals surface area contributed by atoms with E-state index in [4.69, 9.17) is 5.73 Å². The van der Waals surface area contributed by atoms with Crippen LogP contribution in [-0.2, 0) is 0 Å². The van der Waals surface area contributed by atoms with Gasteiger partial charge in [-0.2, -0.15) is 0 Å². The van der Waals surface area contributed by atoms with Crippen LogP contribution in [0.5, 0.6) is 0 Å². The fourth-order valence-corrected chi connectivity index (χ4v) is 3.16. The molecule has 0 atom stereocenters. The normalized spacial score (nSPS) is 11.1. The van der Waals surface area contributed by atoms with Crippen molar-refractivity contribution in [3.8, 4) is 0 Å². The number of benzene rings is 1. The highest BCUT2D eigenvalue weighted by molar-refractivity contribution is 7.19. The second-order valence-electron chi connectivity index (χ2n) is 3.90. The molecule has 1 aromatic heterocycles. The lowest BCUT2D eigenvalue weighted by molar-refractivity contribution is 1.42. The SMILES string of the molecule is Cc1sc2c(C)c(N)cc(C)c2c1C. The van der Waals surface area contributed by atoms with Gasteiger partial charge in [0.05, 0.1) is 0 Å². The molecule has 0 aliphatic rings. The first-order chi connectivity index (χ1) is 6.52.